The van der Waals surface area contributed by atoms with Crippen LogP contribution in [0, 0.1) is 0 Å². The van der Waals surface area contributed by atoms with Gasteiger partial charge in [0, 0.05) is 29.4 Å². The summed E-state index contributed by atoms with van der Waals surface area (Å²) in [6.45, 7) is 1.73. The van der Waals surface area contributed by atoms with Gasteiger partial charge >= 0.3 is 12.1 Å². The van der Waals surface area contributed by atoms with E-state index in [0.29, 0.717) is 28.9 Å². The molecule has 0 spiro atoms. The molecule has 1 aliphatic rings. The van der Waals surface area contributed by atoms with Gasteiger partial charge in [0.15, 0.2) is 0 Å². The number of hydrogen-bond donors (Lipinski definition) is 2. The second-order valence-corrected chi connectivity index (χ2v) is 8.40. The Bertz CT molecular complexity index is 1150. The summed E-state index contributed by atoms with van der Waals surface area (Å²) in [7, 11) is 2.11. The van der Waals surface area contributed by atoms with E-state index in [4.69, 9.17) is 26.6 Å². The number of para-hydroxylation sites is 1. The van der Waals surface area contributed by atoms with Gasteiger partial charge in [-0.2, -0.15) is 18.3 Å². The van der Waals surface area contributed by atoms with Crippen LogP contribution in [-0.2, 0) is 4.79 Å². The molecule has 4 rings (SSSR count). The molecule has 35 heavy (non-hydrogen) atoms. The lowest BCUT2D eigenvalue weighted by Gasteiger charge is -2.19. The summed E-state index contributed by atoms with van der Waals surface area (Å²) in [6.07, 6.45) is -0.990. The summed E-state index contributed by atoms with van der Waals surface area (Å²) >= 11 is 6.03. The average molecular weight is 509 g/mol. The molecule has 2 heterocycles. The van der Waals surface area contributed by atoms with Crippen molar-refractivity contribution in [3.05, 3.63) is 71.4 Å². The van der Waals surface area contributed by atoms with Gasteiger partial charge in [-0.15, -0.1) is 0 Å². The number of aromatic nitrogens is 2. The molecule has 11 heteroatoms. The van der Waals surface area contributed by atoms with Crippen LogP contribution in [-0.4, -0.2) is 64.0 Å². The summed E-state index contributed by atoms with van der Waals surface area (Å²) in [6, 6.07) is 17.6. The molecule has 1 saturated heterocycles. The van der Waals surface area contributed by atoms with Crippen LogP contribution in [0.3, 0.4) is 0 Å². The third-order valence-electron chi connectivity index (χ3n) is 5.51. The largest absolute Gasteiger partial charge is 0.490 e. The fourth-order valence-electron chi connectivity index (χ4n) is 3.62. The number of nitrogens with one attached hydrogen (secondary N) is 1. The Morgan fingerprint density at radius 2 is 1.77 bits per heavy atom. The van der Waals surface area contributed by atoms with Gasteiger partial charge in [0.2, 0.25) is 0 Å². The normalized spacial score (nSPS) is 15.9. The number of likely N-dealkylation sites (tertiary alicyclic amines) is 1. The fourth-order valence-corrected chi connectivity index (χ4v) is 3.74. The monoisotopic (exact) mass is 508 g/mol. The molecular weight excluding hydrogens is 485 g/mol. The SMILES string of the molecule is CN1CCCC1CNC(=O)c1cn(-c2ccccc2)nc1-c1ccc(Cl)cc1.O=C(O)C(F)(F)F. The molecule has 186 valence electrons. The number of carboxylic acids is 1. The Kier molecular flexibility index (Phi) is 8.52. The van der Waals surface area contributed by atoms with Gasteiger partial charge in [0.05, 0.1) is 11.3 Å². The third kappa shape index (κ3) is 7.06. The number of benzene rings is 2. The Labute approximate surface area is 205 Å². The van der Waals surface area contributed by atoms with Crippen LogP contribution in [0.1, 0.15) is 23.2 Å². The lowest BCUT2D eigenvalue weighted by Crippen LogP contribution is -2.38. The fraction of sp³-hybridized carbons (Fsp3) is 0.292. The van der Waals surface area contributed by atoms with Crippen molar-refractivity contribution in [2.45, 2.75) is 25.1 Å². The molecule has 1 atom stereocenters. The number of alkyl halides is 3. The zero-order chi connectivity index (χ0) is 25.6. The highest BCUT2D eigenvalue weighted by atomic mass is 35.5. The Morgan fingerprint density at radius 3 is 2.31 bits per heavy atom. The highest BCUT2D eigenvalue weighted by molar-refractivity contribution is 6.30. The number of carboxylic acid groups (broad SMARTS) is 1. The third-order valence-corrected chi connectivity index (χ3v) is 5.76. The molecule has 0 saturated carbocycles. The van der Waals surface area contributed by atoms with Gasteiger partial charge in [0.25, 0.3) is 5.91 Å². The lowest BCUT2D eigenvalue weighted by molar-refractivity contribution is -0.192. The molecule has 1 aliphatic heterocycles. The van der Waals surface area contributed by atoms with Gasteiger partial charge < -0.3 is 15.3 Å². The van der Waals surface area contributed by atoms with Crippen LogP contribution < -0.4 is 5.32 Å². The van der Waals surface area contributed by atoms with Crippen LogP contribution >= 0.6 is 11.6 Å². The molecule has 1 amide bonds. The molecule has 1 aromatic heterocycles. The molecule has 0 aliphatic carbocycles. The minimum absolute atomic E-state index is 0.104. The number of carbonyl (C=O) groups is 2. The first kappa shape index (κ1) is 26.2. The molecule has 0 radical (unpaired) electrons. The second-order valence-electron chi connectivity index (χ2n) is 7.97. The van der Waals surface area contributed by atoms with Gasteiger partial charge in [-0.05, 0) is 50.7 Å². The first-order valence-corrected chi connectivity index (χ1v) is 11.1. The molecule has 1 fully saturated rings. The van der Waals surface area contributed by atoms with E-state index in [1.807, 2.05) is 54.6 Å². The molecule has 2 N–H and O–H groups in total. The minimum Gasteiger partial charge on any atom is -0.475 e. The number of likely N-dealkylation sites (N-methyl/N-ethyl adjacent to an activating group) is 1. The number of halogens is 4. The van der Waals surface area contributed by atoms with Crippen LogP contribution in [0.2, 0.25) is 5.02 Å². The van der Waals surface area contributed by atoms with E-state index < -0.39 is 12.1 Å². The number of carbonyl (C=O) groups excluding carboxylic acids is 1. The van der Waals surface area contributed by atoms with E-state index in [1.54, 1.807) is 10.9 Å². The highest BCUT2D eigenvalue weighted by Crippen LogP contribution is 2.25. The van der Waals surface area contributed by atoms with Crippen LogP contribution in [0.5, 0.6) is 0 Å². The maximum atomic E-state index is 13.0. The van der Waals surface area contributed by atoms with Crippen LogP contribution in [0.25, 0.3) is 16.9 Å². The molecule has 1 unspecified atom stereocenters. The highest BCUT2D eigenvalue weighted by Gasteiger charge is 2.38. The summed E-state index contributed by atoms with van der Waals surface area (Å²) < 4.78 is 33.5. The van der Waals surface area contributed by atoms with E-state index in [9.17, 15) is 18.0 Å². The van der Waals surface area contributed by atoms with E-state index in [2.05, 4.69) is 17.3 Å². The van der Waals surface area contributed by atoms with Gasteiger partial charge in [-0.3, -0.25) is 4.79 Å². The standard InChI is InChI=1S/C22H23ClN4O.C2HF3O2/c1-26-13-5-8-19(26)14-24-22(28)20-15-27(18-6-3-2-4-7-18)25-21(20)16-9-11-17(23)12-10-16;3-2(4,5)1(6)7/h2-4,6-7,9-12,15,19H,5,8,13-14H2,1H3,(H,24,28);(H,6,7). The molecule has 0 bridgehead atoms. The maximum absolute atomic E-state index is 13.0. The maximum Gasteiger partial charge on any atom is 0.490 e. The predicted molar refractivity (Wildman–Crippen MR) is 126 cm³/mol. The summed E-state index contributed by atoms with van der Waals surface area (Å²) in [5, 5.41) is 15.6. The average Bonchev–Trinajstić information content (AvgIpc) is 3.45. The van der Waals surface area contributed by atoms with E-state index in [1.165, 1.54) is 6.42 Å². The molecule has 3 aromatic rings. The van der Waals surface area contributed by atoms with Crippen molar-refractivity contribution in [2.24, 2.45) is 0 Å². The first-order valence-electron chi connectivity index (χ1n) is 10.8. The van der Waals surface area contributed by atoms with Crippen molar-refractivity contribution in [3.63, 3.8) is 0 Å². The van der Waals surface area contributed by atoms with Gasteiger partial charge in [-0.25, -0.2) is 9.48 Å². The number of hydrogen-bond acceptors (Lipinski definition) is 4. The van der Waals surface area contributed by atoms with E-state index in [0.717, 1.165) is 24.2 Å². The van der Waals surface area contributed by atoms with Crippen molar-refractivity contribution < 1.29 is 27.9 Å². The second kappa shape index (κ2) is 11.4. The van der Waals surface area contributed by atoms with Crippen molar-refractivity contribution in [3.8, 4) is 16.9 Å². The summed E-state index contributed by atoms with van der Waals surface area (Å²) in [4.78, 5) is 24.2. The van der Waals surface area contributed by atoms with Crippen LogP contribution in [0.4, 0.5) is 13.2 Å². The van der Waals surface area contributed by atoms with Gasteiger partial charge in [-0.1, -0.05) is 41.9 Å². The van der Waals surface area contributed by atoms with E-state index >= 15 is 0 Å². The van der Waals surface area contributed by atoms with Gasteiger partial charge in [0.1, 0.15) is 5.69 Å². The molecule has 2 aromatic carbocycles. The minimum atomic E-state index is -5.08. The molecule has 7 nitrogen and oxygen atoms in total. The van der Waals surface area contributed by atoms with Crippen LogP contribution in [0.15, 0.2) is 60.8 Å². The first-order chi connectivity index (χ1) is 16.6. The lowest BCUT2D eigenvalue weighted by atomic mass is 10.1. The van der Waals surface area contributed by atoms with Crippen molar-refractivity contribution in [2.75, 3.05) is 20.1 Å². The Balaban J connectivity index is 0.000000429. The molecular formula is C24H24ClF3N4O3. The van der Waals surface area contributed by atoms with E-state index in [-0.39, 0.29) is 5.91 Å². The zero-order valence-corrected chi connectivity index (χ0v) is 19.6. The summed E-state index contributed by atoms with van der Waals surface area (Å²) in [5.41, 5.74) is 2.99. The van der Waals surface area contributed by atoms with Crippen molar-refractivity contribution >= 4 is 23.5 Å². The summed E-state index contributed by atoms with van der Waals surface area (Å²) in [5.74, 6) is -2.86. The zero-order valence-electron chi connectivity index (χ0n) is 18.8. The number of aliphatic carboxylic acids is 1. The Hall–Kier alpha value is -3.37. The number of rotatable bonds is 5. The van der Waals surface area contributed by atoms with Crippen molar-refractivity contribution in [1.29, 1.82) is 0 Å². The number of amides is 1. The smallest absolute Gasteiger partial charge is 0.475 e. The topological polar surface area (TPSA) is 87.5 Å². The quantitative estimate of drug-likeness (QED) is 0.524. The number of nitrogens with zero attached hydrogens (tertiary/aromatic N) is 3. The van der Waals surface area contributed by atoms with Crippen molar-refractivity contribution in [1.82, 2.24) is 20.0 Å². The Morgan fingerprint density at radius 1 is 1.14 bits per heavy atom. The predicted octanol–water partition coefficient (Wildman–Crippen LogP) is 4.65.